The van der Waals surface area contributed by atoms with Gasteiger partial charge in [-0.05, 0) is 118 Å². The van der Waals surface area contributed by atoms with Gasteiger partial charge in [0.2, 0.25) is 11.8 Å². The van der Waals surface area contributed by atoms with Gasteiger partial charge in [0, 0.05) is 56.9 Å². The summed E-state index contributed by atoms with van der Waals surface area (Å²) in [7, 11) is 1.42. The third-order valence-corrected chi connectivity index (χ3v) is 14.3. The number of nitrogens with one attached hydrogen (secondary N) is 2. The summed E-state index contributed by atoms with van der Waals surface area (Å²) >= 11 is 0. The van der Waals surface area contributed by atoms with E-state index in [-0.39, 0.29) is 53.8 Å². The van der Waals surface area contributed by atoms with Crippen LogP contribution in [0.3, 0.4) is 0 Å². The number of nitrogens with two attached hydrogens (primary N) is 1. The number of fused-ring (bicyclic) bond motifs is 2. The van der Waals surface area contributed by atoms with E-state index in [2.05, 4.69) is 35.3 Å². The maximum atomic E-state index is 14.3. The van der Waals surface area contributed by atoms with E-state index in [4.69, 9.17) is 10.5 Å². The van der Waals surface area contributed by atoms with Gasteiger partial charge in [-0.2, -0.15) is 0 Å². The second-order valence-electron chi connectivity index (χ2n) is 18.2. The molecule has 0 bridgehead atoms. The summed E-state index contributed by atoms with van der Waals surface area (Å²) in [5.74, 6) is -1.91. The van der Waals surface area contributed by atoms with Crippen molar-refractivity contribution in [2.45, 2.75) is 69.6 Å². The first-order valence-corrected chi connectivity index (χ1v) is 23.0. The van der Waals surface area contributed by atoms with Crippen LogP contribution in [0.1, 0.15) is 87.6 Å². The maximum Gasteiger partial charge on any atom is 0.335 e. The molecule has 18 nitrogen and oxygen atoms in total. The number of imide groups is 2. The number of likely N-dealkylation sites (tertiary alicyclic amines) is 2. The van der Waals surface area contributed by atoms with Crippen molar-refractivity contribution in [3.05, 3.63) is 106 Å². The normalized spacial score (nSPS) is 20.1. The molecule has 19 heteroatoms. The molecular formula is C48H52FN11O7. The van der Waals surface area contributed by atoms with E-state index >= 15 is 0 Å². The monoisotopic (exact) mass is 913 g/mol. The molecular weight excluding hydrogens is 862 g/mol. The molecule has 348 valence electrons. The first-order chi connectivity index (χ1) is 32.4. The van der Waals surface area contributed by atoms with Crippen LogP contribution >= 0.6 is 0 Å². The number of aromatic nitrogens is 4. The number of amides is 5. The lowest BCUT2D eigenvalue weighted by atomic mass is 9.91. The molecule has 5 aliphatic heterocycles. The summed E-state index contributed by atoms with van der Waals surface area (Å²) in [5.41, 5.74) is 10.0. The van der Waals surface area contributed by atoms with Gasteiger partial charge in [-0.15, -0.1) is 0 Å². The Labute approximate surface area is 384 Å². The Kier molecular flexibility index (Phi) is 11.8. The quantitative estimate of drug-likeness (QED) is 0.154. The lowest BCUT2D eigenvalue weighted by molar-refractivity contribution is -0.136. The Morgan fingerprint density at radius 2 is 1.58 bits per heavy atom. The van der Waals surface area contributed by atoms with Crippen LogP contribution in [-0.4, -0.2) is 128 Å². The number of nitrogens with zero attached hydrogens (tertiary/aromatic N) is 8. The number of carbonyl (C=O) groups excluding carboxylic acids is 5. The first kappa shape index (κ1) is 43.9. The average Bonchev–Trinajstić information content (AvgIpc) is 3.76. The maximum absolute atomic E-state index is 14.3. The summed E-state index contributed by atoms with van der Waals surface area (Å²) in [6.07, 6.45) is 6.57. The van der Waals surface area contributed by atoms with Gasteiger partial charge in [-0.3, -0.25) is 48.2 Å². The fourth-order valence-electron chi connectivity index (χ4n) is 10.5. The summed E-state index contributed by atoms with van der Waals surface area (Å²) in [6, 6.07) is 15.7. The average molecular weight is 914 g/mol. The Bertz CT molecular complexity index is 2840. The van der Waals surface area contributed by atoms with Gasteiger partial charge in [0.1, 0.15) is 29.5 Å². The summed E-state index contributed by atoms with van der Waals surface area (Å²) in [6.45, 7) is 6.64. The largest absolute Gasteiger partial charge is 0.496 e. The van der Waals surface area contributed by atoms with E-state index in [9.17, 15) is 33.2 Å². The molecule has 0 radical (unpaired) electrons. The Hall–Kier alpha value is -6.99. The smallest absolute Gasteiger partial charge is 0.335 e. The fourth-order valence-corrected chi connectivity index (χ4v) is 10.5. The van der Waals surface area contributed by atoms with Crippen molar-refractivity contribution in [1.29, 1.82) is 0 Å². The van der Waals surface area contributed by atoms with Gasteiger partial charge in [-0.25, -0.2) is 19.2 Å². The highest BCUT2D eigenvalue weighted by atomic mass is 19.1. The zero-order valence-corrected chi connectivity index (χ0v) is 37.2. The number of hydrogen-bond acceptors (Lipinski definition) is 13. The van der Waals surface area contributed by atoms with Gasteiger partial charge in [0.15, 0.2) is 11.5 Å². The number of ether oxygens (including phenoxy) is 1. The van der Waals surface area contributed by atoms with Crippen molar-refractivity contribution < 1.29 is 33.1 Å². The molecule has 7 heterocycles. The van der Waals surface area contributed by atoms with E-state index in [0.29, 0.717) is 34.4 Å². The van der Waals surface area contributed by atoms with Crippen molar-refractivity contribution >= 4 is 52.2 Å². The topological polar surface area (TPSA) is 210 Å². The fraction of sp³-hybridized carbons (Fsp3) is 0.417. The predicted octanol–water partition coefficient (Wildman–Crippen LogP) is 3.27. The molecule has 1 atom stereocenters. The molecule has 67 heavy (non-hydrogen) atoms. The van der Waals surface area contributed by atoms with E-state index in [0.717, 1.165) is 100 Å². The van der Waals surface area contributed by atoms with Crippen LogP contribution in [0.25, 0.3) is 16.9 Å². The van der Waals surface area contributed by atoms with Crippen molar-refractivity contribution in [2.24, 2.45) is 5.92 Å². The summed E-state index contributed by atoms with van der Waals surface area (Å²) in [4.78, 5) is 94.8. The second-order valence-corrected chi connectivity index (χ2v) is 18.2. The third kappa shape index (κ3) is 8.30. The standard InChI is InChI=1S/C48H52FN11O7/c1-67-39-10-4-30(49)22-37(39)44(62)51-24-29-2-5-31(6-3-29)58-41-42(50)52-27-53-43(41)59(48(58)66)32-15-18-55(19-16-32)17-12-28-13-20-56(21-14-28)34-25-57(26-34)33-7-8-35-36(23-33)47(65)60(46(35)64)38-9-11-40(61)54-45(38)63/h2-8,10,22-23,27-28,32,34,38H,9,11-21,24-26H2,1H3,(H,51,62)(H2,50,52,53)(H,54,61,63). The number of imidazole rings is 1. The number of hydrogen-bond donors (Lipinski definition) is 3. The van der Waals surface area contributed by atoms with E-state index in [1.165, 1.54) is 25.6 Å². The molecule has 10 rings (SSSR count). The van der Waals surface area contributed by atoms with Gasteiger partial charge >= 0.3 is 5.69 Å². The minimum Gasteiger partial charge on any atom is -0.496 e. The van der Waals surface area contributed by atoms with E-state index in [1.54, 1.807) is 33.4 Å². The zero-order valence-electron chi connectivity index (χ0n) is 37.2. The number of benzene rings is 3. The molecule has 3 aromatic carbocycles. The lowest BCUT2D eigenvalue weighted by Crippen LogP contribution is -2.61. The predicted molar refractivity (Wildman–Crippen MR) is 244 cm³/mol. The van der Waals surface area contributed by atoms with Crippen LogP contribution in [0.15, 0.2) is 71.8 Å². The van der Waals surface area contributed by atoms with Crippen LogP contribution in [0, 0.1) is 11.7 Å². The molecule has 0 spiro atoms. The highest BCUT2D eigenvalue weighted by Crippen LogP contribution is 2.35. The summed E-state index contributed by atoms with van der Waals surface area (Å²) in [5, 5.41) is 5.05. The van der Waals surface area contributed by atoms with Crippen LogP contribution in [0.5, 0.6) is 5.75 Å². The molecule has 1 unspecified atom stereocenters. The molecule has 4 saturated heterocycles. The van der Waals surface area contributed by atoms with Crippen molar-refractivity contribution in [3.8, 4) is 11.4 Å². The number of nitrogen functional groups attached to an aromatic ring is 1. The van der Waals surface area contributed by atoms with Crippen molar-refractivity contribution in [3.63, 3.8) is 0 Å². The number of anilines is 2. The van der Waals surface area contributed by atoms with Crippen molar-refractivity contribution in [1.82, 2.24) is 44.4 Å². The van der Waals surface area contributed by atoms with Gasteiger partial charge in [0.05, 0.1) is 29.5 Å². The molecule has 0 aliphatic carbocycles. The Balaban J connectivity index is 0.696. The van der Waals surface area contributed by atoms with E-state index in [1.807, 2.05) is 18.2 Å². The molecule has 4 N–H and O–H groups in total. The number of halogens is 1. The Morgan fingerprint density at radius 1 is 0.851 bits per heavy atom. The summed E-state index contributed by atoms with van der Waals surface area (Å²) < 4.78 is 22.4. The molecule has 5 aromatic rings. The molecule has 0 saturated carbocycles. The van der Waals surface area contributed by atoms with Crippen LogP contribution in [0.4, 0.5) is 15.9 Å². The molecule has 5 amide bonds. The van der Waals surface area contributed by atoms with E-state index < -0.39 is 41.4 Å². The van der Waals surface area contributed by atoms with Crippen LogP contribution < -0.4 is 31.7 Å². The zero-order chi connectivity index (χ0) is 46.5. The van der Waals surface area contributed by atoms with Gasteiger partial charge in [0.25, 0.3) is 17.7 Å². The SMILES string of the molecule is COc1ccc(F)cc1C(=O)NCc1ccc(-n2c(=O)n(C3CCN(CCC4CCN(C5CN(c6ccc7c(c6)C(=O)N(C6CCC(=O)NC6=O)C7=O)C5)CC4)CC3)c3ncnc(N)c32)cc1. The highest BCUT2D eigenvalue weighted by Gasteiger charge is 2.45. The Morgan fingerprint density at radius 3 is 2.31 bits per heavy atom. The lowest BCUT2D eigenvalue weighted by Gasteiger charge is -2.49. The molecule has 2 aromatic heterocycles. The van der Waals surface area contributed by atoms with Gasteiger partial charge in [-0.1, -0.05) is 12.1 Å². The second kappa shape index (κ2) is 18.0. The van der Waals surface area contributed by atoms with Crippen molar-refractivity contribution in [2.75, 3.05) is 63.6 Å². The number of carbonyl (C=O) groups is 5. The first-order valence-electron chi connectivity index (χ1n) is 23.0. The molecule has 5 aliphatic rings. The van der Waals surface area contributed by atoms with Crippen LogP contribution in [-0.2, 0) is 16.1 Å². The number of piperidine rings is 3. The minimum absolute atomic E-state index is 0.0614. The number of rotatable bonds is 12. The third-order valence-electron chi connectivity index (χ3n) is 14.3. The van der Waals surface area contributed by atoms with Crippen LogP contribution in [0.2, 0.25) is 0 Å². The number of methoxy groups -OCH3 is 1. The minimum atomic E-state index is -0.981. The van der Waals surface area contributed by atoms with Gasteiger partial charge < -0.3 is 25.6 Å². The molecule has 4 fully saturated rings. The highest BCUT2D eigenvalue weighted by molar-refractivity contribution is 6.23.